The van der Waals surface area contributed by atoms with Crippen LogP contribution >= 0.6 is 0 Å². The van der Waals surface area contributed by atoms with Gasteiger partial charge in [-0.25, -0.2) is 19.2 Å². The van der Waals surface area contributed by atoms with E-state index in [4.69, 9.17) is 42.6 Å². The summed E-state index contributed by atoms with van der Waals surface area (Å²) in [5.74, 6) is -5.14. The summed E-state index contributed by atoms with van der Waals surface area (Å²) in [6.45, 7) is 12.2. The number of nitro benzene ring substituents is 1. The molecule has 0 aromatic heterocycles. The van der Waals surface area contributed by atoms with E-state index in [2.05, 4.69) is 5.32 Å². The van der Waals surface area contributed by atoms with E-state index in [0.717, 1.165) is 24.3 Å². The number of hydrogen-bond donors (Lipinski definition) is 2. The van der Waals surface area contributed by atoms with Gasteiger partial charge >= 0.3 is 30.2 Å². The van der Waals surface area contributed by atoms with Gasteiger partial charge in [-0.3, -0.25) is 19.7 Å². The van der Waals surface area contributed by atoms with Crippen molar-refractivity contribution in [3.05, 3.63) is 117 Å². The van der Waals surface area contributed by atoms with Gasteiger partial charge in [0.15, 0.2) is 11.4 Å². The number of carbonyl (C=O) groups is 6. The number of methoxy groups -OCH3 is 2. The molecule has 1 saturated heterocycles. The topological polar surface area (TPSA) is 261 Å². The number of benzene rings is 3. The van der Waals surface area contributed by atoms with Crippen LogP contribution in [0.4, 0.5) is 15.3 Å². The summed E-state index contributed by atoms with van der Waals surface area (Å²) in [6, 6.07) is 18.7. The first kappa shape index (κ1) is 53.1. The van der Waals surface area contributed by atoms with E-state index in [1.807, 2.05) is 0 Å². The summed E-state index contributed by atoms with van der Waals surface area (Å²) in [6.07, 6.45) is -11.8. The second-order valence-corrected chi connectivity index (χ2v) is 20.2. The van der Waals surface area contributed by atoms with Gasteiger partial charge in [0, 0.05) is 51.5 Å². The van der Waals surface area contributed by atoms with Crippen molar-refractivity contribution in [1.82, 2.24) is 5.32 Å². The quantitative estimate of drug-likeness (QED) is 0.0451. The van der Waals surface area contributed by atoms with Crippen molar-refractivity contribution < 1.29 is 81.4 Å². The lowest BCUT2D eigenvalue weighted by Gasteiger charge is -2.67. The Hall–Kier alpha value is -6.74. The van der Waals surface area contributed by atoms with Crippen LogP contribution < -0.4 is 10.1 Å². The van der Waals surface area contributed by atoms with Gasteiger partial charge in [0.05, 0.1) is 34.5 Å². The summed E-state index contributed by atoms with van der Waals surface area (Å²) in [4.78, 5) is 96.7. The maximum absolute atomic E-state index is 15.8. The summed E-state index contributed by atoms with van der Waals surface area (Å²) in [5.41, 5.74) is -8.00. The number of alkyl carbamates (subject to hydrolysis) is 1. The number of rotatable bonds is 13. The molecule has 3 aromatic carbocycles. The number of nitrogens with one attached hydrogen (secondary N) is 1. The second kappa shape index (κ2) is 20.0. The molecule has 386 valence electrons. The lowest BCUT2D eigenvalue weighted by atomic mass is 9.44. The first-order chi connectivity index (χ1) is 33.8. The molecular formula is C52H60N2O18. The minimum Gasteiger partial charge on any atom is -0.455 e. The number of ketones is 1. The molecule has 3 aromatic rings. The van der Waals surface area contributed by atoms with Crippen molar-refractivity contribution in [3.8, 4) is 5.75 Å². The largest absolute Gasteiger partial charge is 0.514 e. The molecule has 2 bridgehead atoms. The molecule has 0 spiro atoms. The lowest BCUT2D eigenvalue weighted by molar-refractivity contribution is -0.384. The van der Waals surface area contributed by atoms with E-state index in [1.54, 1.807) is 84.9 Å². The Kier molecular flexibility index (Phi) is 14.8. The van der Waals surface area contributed by atoms with Crippen LogP contribution in [0.1, 0.15) is 90.2 Å². The minimum atomic E-state index is -2.36. The Morgan fingerprint density at radius 2 is 1.53 bits per heavy atom. The van der Waals surface area contributed by atoms with E-state index in [0.29, 0.717) is 0 Å². The van der Waals surface area contributed by atoms with Gasteiger partial charge in [0.2, 0.25) is 6.10 Å². The van der Waals surface area contributed by atoms with E-state index in [1.165, 1.54) is 45.4 Å². The van der Waals surface area contributed by atoms with Crippen LogP contribution in [0.5, 0.6) is 5.75 Å². The summed E-state index contributed by atoms with van der Waals surface area (Å²) < 4.78 is 54.0. The molecule has 7 rings (SSSR count). The Labute approximate surface area is 415 Å². The van der Waals surface area contributed by atoms with Crippen LogP contribution in [0.25, 0.3) is 0 Å². The third kappa shape index (κ3) is 9.67. The van der Waals surface area contributed by atoms with Crippen molar-refractivity contribution in [3.63, 3.8) is 0 Å². The van der Waals surface area contributed by atoms with Crippen LogP contribution in [0.2, 0.25) is 0 Å². The van der Waals surface area contributed by atoms with Crippen LogP contribution in [0.15, 0.2) is 96.1 Å². The Balaban J connectivity index is 1.39. The number of nitrogens with zero attached hydrogens (tertiary/aromatic N) is 1. The van der Waals surface area contributed by atoms with Gasteiger partial charge in [0.25, 0.3) is 5.69 Å². The third-order valence-corrected chi connectivity index (χ3v) is 14.5. The molecule has 1 amide bonds. The van der Waals surface area contributed by atoms with E-state index in [-0.39, 0.29) is 46.7 Å². The first-order valence-electron chi connectivity index (χ1n) is 23.3. The number of nitro groups is 1. The number of non-ortho nitro benzene ring substituents is 1. The van der Waals surface area contributed by atoms with Gasteiger partial charge in [-0.1, -0.05) is 62.4 Å². The fraction of sp³-hybridized carbons (Fsp3) is 0.500. The molecule has 72 heavy (non-hydrogen) atoms. The predicted molar refractivity (Wildman–Crippen MR) is 251 cm³/mol. The van der Waals surface area contributed by atoms with Crippen molar-refractivity contribution in [2.24, 2.45) is 16.7 Å². The van der Waals surface area contributed by atoms with Gasteiger partial charge in [-0.15, -0.1) is 0 Å². The highest BCUT2D eigenvalue weighted by Gasteiger charge is 2.78. The number of hydrogen-bond acceptors (Lipinski definition) is 18. The molecule has 3 aliphatic carbocycles. The standard InChI is InChI=1S/C52H60N2O18/c1-28-34(68-45(58)40(69-47(60)67-33-23-21-32(22-24-33)54(62)63)38(30-17-13-11-14-18-30)53-46(59)72-48(3,4)5)26-52(61)43(70-44(57)31-19-15-12-16-20-31)41-50(8,42(56)39(65-10)37(28)49(52,6)7)35(64-9)25-36-51(41,27-66-36)71-29(2)55/h11-24,34-36,38-41,43,61H,25-27H2,1-10H3,(H,53,59)/t34?,35-,36+,38-,39?,40+,41-,43-,50+,51-,52+/m0/s1. The first-order valence-corrected chi connectivity index (χ1v) is 23.3. The van der Waals surface area contributed by atoms with Gasteiger partial charge in [-0.05, 0) is 75.6 Å². The van der Waals surface area contributed by atoms with Crippen LogP contribution in [0.3, 0.4) is 0 Å². The van der Waals surface area contributed by atoms with E-state index in [9.17, 15) is 34.4 Å². The van der Waals surface area contributed by atoms with Gasteiger partial charge in [0.1, 0.15) is 47.4 Å². The zero-order valence-electron chi connectivity index (χ0n) is 41.7. The molecule has 20 heteroatoms. The molecule has 2 N–H and O–H groups in total. The minimum absolute atomic E-state index is 0.0618. The van der Waals surface area contributed by atoms with E-state index < -0.39 is 124 Å². The average Bonchev–Trinajstić information content (AvgIpc) is 3.31. The fourth-order valence-corrected chi connectivity index (χ4v) is 11.0. The van der Waals surface area contributed by atoms with Crippen molar-refractivity contribution in [2.75, 3.05) is 20.8 Å². The molecule has 1 heterocycles. The zero-order valence-corrected chi connectivity index (χ0v) is 41.7. The number of ether oxygens (including phenoxy) is 9. The summed E-state index contributed by atoms with van der Waals surface area (Å²) in [7, 11) is 2.71. The number of Topliss-reactive ketones (excluding diaryl/α,β-unsaturated/α-hetero) is 1. The maximum Gasteiger partial charge on any atom is 0.514 e. The van der Waals surface area contributed by atoms with Crippen molar-refractivity contribution >= 4 is 41.6 Å². The Bertz CT molecular complexity index is 2610. The average molecular weight is 1000 g/mol. The zero-order chi connectivity index (χ0) is 52.7. The fourth-order valence-electron chi connectivity index (χ4n) is 11.0. The van der Waals surface area contributed by atoms with Crippen LogP contribution in [-0.2, 0) is 52.3 Å². The second-order valence-electron chi connectivity index (χ2n) is 20.2. The monoisotopic (exact) mass is 1000 g/mol. The van der Waals surface area contributed by atoms with E-state index >= 15 is 9.59 Å². The Morgan fingerprint density at radius 1 is 0.903 bits per heavy atom. The Morgan fingerprint density at radius 3 is 2.07 bits per heavy atom. The highest BCUT2D eigenvalue weighted by Crippen LogP contribution is 2.65. The maximum atomic E-state index is 15.8. The van der Waals surface area contributed by atoms with Crippen molar-refractivity contribution in [1.29, 1.82) is 0 Å². The molecular weight excluding hydrogens is 941 g/mol. The van der Waals surface area contributed by atoms with Gasteiger partial charge in [-0.2, -0.15) is 0 Å². The number of amides is 1. The molecule has 0 radical (unpaired) electrons. The molecule has 4 aliphatic rings. The van der Waals surface area contributed by atoms with Gasteiger partial charge < -0.3 is 53.1 Å². The summed E-state index contributed by atoms with van der Waals surface area (Å²) >= 11 is 0. The predicted octanol–water partition coefficient (Wildman–Crippen LogP) is 6.70. The van der Waals surface area contributed by atoms with Crippen LogP contribution in [-0.4, -0.2) is 120 Å². The molecule has 11 atom stereocenters. The highest BCUT2D eigenvalue weighted by molar-refractivity contribution is 5.94. The SMILES string of the molecule is COC1C(=O)[C@]2(C)[C@@H](OC)C[C@H]3OC[C@@]3(OC(C)=O)[C@H]2[C@H](OC(=O)c2ccccc2)[C@]2(O)CC(OC(=O)[C@H](OC(=O)Oc3ccc([N+](=O)[O-])cc3)[C@@H](NC(=O)OC(C)(C)C)c3ccccc3)C(C)=C1C2(C)C. The normalized spacial score (nSPS) is 29.2. The molecule has 3 fully saturated rings. The molecule has 1 aliphatic heterocycles. The highest BCUT2D eigenvalue weighted by atomic mass is 16.7. The molecule has 20 nitrogen and oxygen atoms in total. The number of aliphatic hydroxyl groups is 1. The summed E-state index contributed by atoms with van der Waals surface area (Å²) in [5, 5.41) is 27.9. The van der Waals surface area contributed by atoms with Crippen molar-refractivity contribution in [2.45, 2.75) is 128 Å². The smallest absolute Gasteiger partial charge is 0.455 e. The number of carbonyl (C=O) groups excluding carboxylic acids is 6. The molecule has 2 unspecified atom stereocenters. The number of esters is 3. The lowest BCUT2D eigenvalue weighted by Crippen LogP contribution is -2.82. The van der Waals surface area contributed by atoms with Crippen LogP contribution in [0, 0.1) is 26.9 Å². The molecule has 2 saturated carbocycles. The third-order valence-electron chi connectivity index (χ3n) is 14.5. The number of fused-ring (bicyclic) bond motifs is 5.